The van der Waals surface area contributed by atoms with Gasteiger partial charge < -0.3 is 15.5 Å². The summed E-state index contributed by atoms with van der Waals surface area (Å²) < 4.78 is 0. The summed E-state index contributed by atoms with van der Waals surface area (Å²) in [5, 5.41) is 17.6. The fraction of sp³-hybridized carbons (Fsp3) is 0.609. The second-order valence-corrected chi connectivity index (χ2v) is 9.94. The molecule has 1 amide bonds. The van der Waals surface area contributed by atoms with Gasteiger partial charge in [0, 0.05) is 49.2 Å². The van der Waals surface area contributed by atoms with Crippen LogP contribution in [0.4, 0.5) is 11.1 Å². The molecule has 2 aromatic heterocycles. The van der Waals surface area contributed by atoms with Crippen LogP contribution in [-0.4, -0.2) is 75.5 Å². The van der Waals surface area contributed by atoms with Gasteiger partial charge in [0.2, 0.25) is 5.95 Å². The van der Waals surface area contributed by atoms with Crippen molar-refractivity contribution in [2.75, 3.05) is 38.0 Å². The van der Waals surface area contributed by atoms with E-state index in [9.17, 15) is 4.79 Å². The van der Waals surface area contributed by atoms with Crippen molar-refractivity contribution in [3.63, 3.8) is 0 Å². The maximum Gasteiger partial charge on any atom is 0.271 e. The molecule has 2 aliphatic rings. The highest BCUT2D eigenvalue weighted by Crippen LogP contribution is 2.26. The first-order valence-corrected chi connectivity index (χ1v) is 12.6. The molecule has 1 unspecified atom stereocenters. The first-order valence-electron chi connectivity index (χ1n) is 11.7. The molecule has 4 heterocycles. The van der Waals surface area contributed by atoms with Crippen LogP contribution in [0.15, 0.2) is 17.6 Å². The number of nitriles is 1. The molecular weight excluding hydrogens is 436 g/mol. The van der Waals surface area contributed by atoms with Crippen LogP contribution >= 0.6 is 11.3 Å². The molecule has 1 atom stereocenters. The van der Waals surface area contributed by atoms with E-state index in [2.05, 4.69) is 55.3 Å². The molecule has 176 valence electrons. The zero-order valence-corrected chi connectivity index (χ0v) is 20.1. The Hall–Kier alpha value is -2.61. The number of nitrogens with one attached hydrogen (secondary N) is 2. The van der Waals surface area contributed by atoms with Crippen molar-refractivity contribution in [3.8, 4) is 6.07 Å². The third kappa shape index (κ3) is 6.25. The van der Waals surface area contributed by atoms with Crippen molar-refractivity contribution in [1.82, 2.24) is 30.1 Å². The zero-order valence-electron chi connectivity index (χ0n) is 19.3. The van der Waals surface area contributed by atoms with Gasteiger partial charge in [-0.3, -0.25) is 9.69 Å². The minimum absolute atomic E-state index is 0.128. The lowest BCUT2D eigenvalue weighted by Gasteiger charge is -2.34. The molecule has 2 aromatic rings. The first-order chi connectivity index (χ1) is 16.0. The van der Waals surface area contributed by atoms with Crippen molar-refractivity contribution in [3.05, 3.63) is 29.0 Å². The van der Waals surface area contributed by atoms with E-state index in [-0.39, 0.29) is 17.9 Å². The average molecular weight is 469 g/mol. The Kier molecular flexibility index (Phi) is 7.85. The van der Waals surface area contributed by atoms with Gasteiger partial charge in [0.05, 0.1) is 18.3 Å². The molecule has 0 aromatic carbocycles. The number of rotatable bonds is 7. The first kappa shape index (κ1) is 23.5. The van der Waals surface area contributed by atoms with Gasteiger partial charge in [-0.05, 0) is 52.1 Å². The van der Waals surface area contributed by atoms with Gasteiger partial charge in [-0.2, -0.15) is 5.26 Å². The number of thiazole rings is 1. The van der Waals surface area contributed by atoms with Crippen LogP contribution in [0.2, 0.25) is 0 Å². The van der Waals surface area contributed by atoms with E-state index in [0.29, 0.717) is 29.4 Å². The molecule has 2 N–H and O–H groups in total. The minimum Gasteiger partial charge on any atom is -0.348 e. The van der Waals surface area contributed by atoms with Crippen LogP contribution < -0.4 is 10.6 Å². The van der Waals surface area contributed by atoms with E-state index < -0.39 is 0 Å². The molecule has 9 nitrogen and oxygen atoms in total. The predicted molar refractivity (Wildman–Crippen MR) is 129 cm³/mol. The van der Waals surface area contributed by atoms with Gasteiger partial charge in [-0.1, -0.05) is 0 Å². The Morgan fingerprint density at radius 1 is 1.27 bits per heavy atom. The molecular formula is C23H32N8OS. The van der Waals surface area contributed by atoms with E-state index in [4.69, 9.17) is 5.26 Å². The van der Waals surface area contributed by atoms with Gasteiger partial charge in [-0.25, -0.2) is 15.0 Å². The van der Waals surface area contributed by atoms with Gasteiger partial charge in [0.1, 0.15) is 5.69 Å². The number of likely N-dealkylation sites (tertiary alicyclic amines) is 2. The summed E-state index contributed by atoms with van der Waals surface area (Å²) in [5.41, 5.74) is 1.39. The summed E-state index contributed by atoms with van der Waals surface area (Å²) in [7, 11) is 0. The van der Waals surface area contributed by atoms with Gasteiger partial charge in [-0.15, -0.1) is 11.3 Å². The Balaban J connectivity index is 1.33. The fourth-order valence-electron chi connectivity index (χ4n) is 4.55. The highest BCUT2D eigenvalue weighted by atomic mass is 32.1. The van der Waals surface area contributed by atoms with Crippen molar-refractivity contribution >= 4 is 28.3 Å². The lowest BCUT2D eigenvalue weighted by Crippen LogP contribution is -2.46. The van der Waals surface area contributed by atoms with Gasteiger partial charge >= 0.3 is 0 Å². The SMILES string of the molecule is CC(C)N1CCC(NC(=O)c2csc(Nc3nccc(C4CCCN(CC#N)C4)n3)n2)CC1. The second-order valence-electron chi connectivity index (χ2n) is 9.08. The van der Waals surface area contributed by atoms with Crippen molar-refractivity contribution < 1.29 is 4.79 Å². The minimum atomic E-state index is -0.128. The number of aromatic nitrogens is 3. The molecule has 4 rings (SSSR count). The summed E-state index contributed by atoms with van der Waals surface area (Å²) in [4.78, 5) is 30.7. The highest BCUT2D eigenvalue weighted by Gasteiger charge is 2.24. The van der Waals surface area contributed by atoms with Gasteiger partial charge in [0.25, 0.3) is 5.91 Å². The highest BCUT2D eigenvalue weighted by molar-refractivity contribution is 7.14. The summed E-state index contributed by atoms with van der Waals surface area (Å²) in [6.07, 6.45) is 5.79. The number of carbonyl (C=O) groups is 1. The number of piperidine rings is 2. The van der Waals surface area contributed by atoms with E-state index in [1.54, 1.807) is 11.6 Å². The number of carbonyl (C=O) groups excluding carboxylic acids is 1. The van der Waals surface area contributed by atoms with Crippen LogP contribution in [0.1, 0.15) is 61.6 Å². The molecule has 10 heteroatoms. The third-order valence-corrected chi connectivity index (χ3v) is 7.20. The lowest BCUT2D eigenvalue weighted by molar-refractivity contribution is 0.0896. The Bertz CT molecular complexity index is 979. The number of anilines is 2. The number of nitrogens with zero attached hydrogens (tertiary/aromatic N) is 6. The second kappa shape index (κ2) is 11.0. The van der Waals surface area contributed by atoms with Crippen LogP contribution in [0.25, 0.3) is 0 Å². The Labute approximate surface area is 199 Å². The molecule has 2 saturated heterocycles. The molecule has 2 aliphatic heterocycles. The monoisotopic (exact) mass is 468 g/mol. The molecule has 0 saturated carbocycles. The Morgan fingerprint density at radius 2 is 2.09 bits per heavy atom. The smallest absolute Gasteiger partial charge is 0.271 e. The molecule has 0 bridgehead atoms. The fourth-order valence-corrected chi connectivity index (χ4v) is 5.24. The Morgan fingerprint density at radius 3 is 2.85 bits per heavy atom. The molecule has 0 spiro atoms. The van der Waals surface area contributed by atoms with Crippen LogP contribution in [-0.2, 0) is 0 Å². The van der Waals surface area contributed by atoms with Crippen molar-refractivity contribution in [1.29, 1.82) is 5.26 Å². The summed E-state index contributed by atoms with van der Waals surface area (Å²) in [6.45, 7) is 8.68. The maximum atomic E-state index is 12.7. The molecule has 0 aliphatic carbocycles. The third-order valence-electron chi connectivity index (χ3n) is 6.45. The van der Waals surface area contributed by atoms with Gasteiger partial charge in [0.15, 0.2) is 5.13 Å². The van der Waals surface area contributed by atoms with E-state index in [0.717, 1.165) is 57.6 Å². The largest absolute Gasteiger partial charge is 0.348 e. The quantitative estimate of drug-likeness (QED) is 0.597. The van der Waals surface area contributed by atoms with Crippen LogP contribution in [0.3, 0.4) is 0 Å². The molecule has 2 fully saturated rings. The normalized spacial score (nSPS) is 20.5. The van der Waals surface area contributed by atoms with Crippen LogP contribution in [0.5, 0.6) is 0 Å². The summed E-state index contributed by atoms with van der Waals surface area (Å²) in [6, 6.07) is 4.92. The van der Waals surface area contributed by atoms with E-state index in [1.165, 1.54) is 11.3 Å². The summed E-state index contributed by atoms with van der Waals surface area (Å²) >= 11 is 1.37. The topological polar surface area (TPSA) is 110 Å². The number of amides is 1. The van der Waals surface area contributed by atoms with E-state index in [1.807, 2.05) is 6.07 Å². The predicted octanol–water partition coefficient (Wildman–Crippen LogP) is 2.98. The average Bonchev–Trinajstić information content (AvgIpc) is 3.29. The van der Waals surface area contributed by atoms with E-state index >= 15 is 0 Å². The molecule has 33 heavy (non-hydrogen) atoms. The number of hydrogen-bond donors (Lipinski definition) is 2. The van der Waals surface area contributed by atoms with Crippen LogP contribution in [0, 0.1) is 11.3 Å². The molecule has 0 radical (unpaired) electrons. The maximum absolute atomic E-state index is 12.7. The lowest BCUT2D eigenvalue weighted by atomic mass is 9.94. The summed E-state index contributed by atoms with van der Waals surface area (Å²) in [5.74, 6) is 0.638. The standard InChI is InChI=1S/C23H32N8OS/c1-16(2)31-11-6-18(7-12-31)26-21(32)20-15-33-23(28-20)29-22-25-9-5-19(27-22)17-4-3-10-30(14-17)13-8-24/h5,9,15-18H,3-4,6-7,10-14H2,1-2H3,(H,26,32)(H,25,27,28,29). The van der Waals surface area contributed by atoms with Crippen molar-refractivity contribution in [2.24, 2.45) is 0 Å². The number of hydrogen-bond acceptors (Lipinski definition) is 9. The van der Waals surface area contributed by atoms with Crippen molar-refractivity contribution in [2.45, 2.75) is 57.5 Å². The zero-order chi connectivity index (χ0) is 23.2.